The zero-order chi connectivity index (χ0) is 9.42. The van der Waals surface area contributed by atoms with Gasteiger partial charge in [0.2, 0.25) is 0 Å². The Hall–Kier alpha value is -1.32. The number of carbonyl (C=O) groups excluding carboxylic acids is 2. The molecule has 0 aromatic rings. The van der Waals surface area contributed by atoms with Crippen LogP contribution in [-0.2, 0) is 19.1 Å². The van der Waals surface area contributed by atoms with Gasteiger partial charge in [-0.15, -0.1) is 0 Å². The first kappa shape index (κ1) is 8.29. The summed E-state index contributed by atoms with van der Waals surface area (Å²) in [6.45, 7) is 2.34. The van der Waals surface area contributed by atoms with Crippen LogP contribution in [-0.4, -0.2) is 24.6 Å². The number of hydrogen-bond acceptors (Lipinski definition) is 4. The number of fused-ring (bicyclic) bond motifs is 1. The van der Waals surface area contributed by atoms with E-state index in [0.29, 0.717) is 12.2 Å². The molecule has 1 saturated heterocycles. The van der Waals surface area contributed by atoms with Crippen LogP contribution in [0.4, 0.5) is 0 Å². The smallest absolute Gasteiger partial charge is 0.337 e. The molecule has 2 atom stereocenters. The Morgan fingerprint density at radius 3 is 2.92 bits per heavy atom. The van der Waals surface area contributed by atoms with Crippen molar-refractivity contribution < 1.29 is 19.1 Å². The number of carbonyl (C=O) groups is 2. The van der Waals surface area contributed by atoms with Gasteiger partial charge < -0.3 is 9.47 Å². The Bertz CT molecular complexity index is 292. The van der Waals surface area contributed by atoms with Crippen molar-refractivity contribution in [2.75, 3.05) is 6.61 Å². The molecule has 4 heteroatoms. The van der Waals surface area contributed by atoms with Gasteiger partial charge in [0.1, 0.15) is 5.92 Å². The second kappa shape index (κ2) is 2.87. The molecule has 4 nitrogen and oxygen atoms in total. The van der Waals surface area contributed by atoms with Crippen LogP contribution in [0.2, 0.25) is 0 Å². The Morgan fingerprint density at radius 1 is 1.69 bits per heavy atom. The molecule has 0 saturated carbocycles. The van der Waals surface area contributed by atoms with Crippen LogP contribution in [0.25, 0.3) is 0 Å². The average Bonchev–Trinajstić information content (AvgIpc) is 2.10. The highest BCUT2D eigenvalue weighted by Gasteiger charge is 2.53. The molecule has 2 aliphatic rings. The van der Waals surface area contributed by atoms with Gasteiger partial charge in [0.05, 0.1) is 12.2 Å². The summed E-state index contributed by atoms with van der Waals surface area (Å²) in [6.07, 6.45) is 2.11. The number of esters is 2. The van der Waals surface area contributed by atoms with Gasteiger partial charge in [-0.25, -0.2) is 4.79 Å². The quantitative estimate of drug-likeness (QED) is 0.593. The van der Waals surface area contributed by atoms with Crippen molar-refractivity contribution in [3.63, 3.8) is 0 Å². The van der Waals surface area contributed by atoms with Crippen molar-refractivity contribution in [3.8, 4) is 0 Å². The molecule has 0 spiro atoms. The van der Waals surface area contributed by atoms with Crippen molar-refractivity contribution >= 4 is 11.9 Å². The topological polar surface area (TPSA) is 52.6 Å². The van der Waals surface area contributed by atoms with E-state index in [9.17, 15) is 9.59 Å². The third-order valence-corrected chi connectivity index (χ3v) is 2.18. The Morgan fingerprint density at radius 2 is 2.46 bits per heavy atom. The fourth-order valence-corrected chi connectivity index (χ4v) is 1.37. The summed E-state index contributed by atoms with van der Waals surface area (Å²) in [7, 11) is 0. The minimum Gasteiger partial charge on any atom is -0.462 e. The maximum atomic E-state index is 11.2. The molecule has 13 heavy (non-hydrogen) atoms. The molecule has 0 N–H and O–H groups in total. The SMILES string of the molecule is CCCOC(=O)C1=CC2C(=O)OC12. The predicted octanol–water partition coefficient (Wildman–Crippen LogP) is 0.421. The fourth-order valence-electron chi connectivity index (χ4n) is 1.37. The van der Waals surface area contributed by atoms with E-state index in [0.717, 1.165) is 6.42 Å². The maximum Gasteiger partial charge on any atom is 0.337 e. The monoisotopic (exact) mass is 182 g/mol. The van der Waals surface area contributed by atoms with Crippen LogP contribution >= 0.6 is 0 Å². The van der Waals surface area contributed by atoms with Crippen molar-refractivity contribution in [1.29, 1.82) is 0 Å². The van der Waals surface area contributed by atoms with E-state index in [1.807, 2.05) is 6.92 Å². The molecule has 1 heterocycles. The molecule has 0 amide bonds. The highest BCUT2D eigenvalue weighted by Crippen LogP contribution is 2.39. The Kier molecular flexibility index (Phi) is 1.83. The normalized spacial score (nSPS) is 29.0. The summed E-state index contributed by atoms with van der Waals surface area (Å²) in [5.41, 5.74) is 0.498. The summed E-state index contributed by atoms with van der Waals surface area (Å²) in [5.74, 6) is -0.767. The first-order chi connectivity index (χ1) is 6.24. The molecule has 0 bridgehead atoms. The first-order valence-corrected chi connectivity index (χ1v) is 4.33. The van der Waals surface area contributed by atoms with Crippen molar-refractivity contribution in [1.82, 2.24) is 0 Å². The molecule has 0 aromatic heterocycles. The van der Waals surface area contributed by atoms with E-state index >= 15 is 0 Å². The van der Waals surface area contributed by atoms with Gasteiger partial charge in [-0.05, 0) is 6.42 Å². The molecule has 1 aliphatic carbocycles. The minimum atomic E-state index is -0.351. The van der Waals surface area contributed by atoms with Gasteiger partial charge in [0, 0.05) is 0 Å². The molecular weight excluding hydrogens is 172 g/mol. The molecule has 70 valence electrons. The lowest BCUT2D eigenvalue weighted by atomic mass is 9.78. The molecule has 2 unspecified atom stereocenters. The van der Waals surface area contributed by atoms with E-state index < -0.39 is 0 Å². The average molecular weight is 182 g/mol. The van der Waals surface area contributed by atoms with Crippen LogP contribution in [0.1, 0.15) is 13.3 Å². The van der Waals surface area contributed by atoms with Crippen LogP contribution < -0.4 is 0 Å². The van der Waals surface area contributed by atoms with Crippen LogP contribution in [0, 0.1) is 5.92 Å². The summed E-state index contributed by atoms with van der Waals surface area (Å²) in [6, 6.07) is 0. The molecule has 1 aliphatic heterocycles. The summed E-state index contributed by atoms with van der Waals surface area (Å²) in [4.78, 5) is 21.9. The van der Waals surface area contributed by atoms with Crippen LogP contribution in [0.15, 0.2) is 11.6 Å². The van der Waals surface area contributed by atoms with Crippen molar-refractivity contribution in [3.05, 3.63) is 11.6 Å². The lowest BCUT2D eigenvalue weighted by Crippen LogP contribution is -2.53. The number of hydrogen-bond donors (Lipinski definition) is 0. The molecular formula is C9H10O4. The zero-order valence-corrected chi connectivity index (χ0v) is 7.28. The lowest BCUT2D eigenvalue weighted by molar-refractivity contribution is -0.181. The molecule has 2 rings (SSSR count). The fraction of sp³-hybridized carbons (Fsp3) is 0.556. The van der Waals surface area contributed by atoms with E-state index in [2.05, 4.69) is 0 Å². The third-order valence-electron chi connectivity index (χ3n) is 2.18. The summed E-state index contributed by atoms with van der Waals surface area (Å²) >= 11 is 0. The van der Waals surface area contributed by atoms with E-state index in [1.165, 1.54) is 0 Å². The van der Waals surface area contributed by atoms with Gasteiger partial charge in [0.15, 0.2) is 6.10 Å². The highest BCUT2D eigenvalue weighted by atomic mass is 16.6. The second-order valence-corrected chi connectivity index (χ2v) is 3.14. The van der Waals surface area contributed by atoms with E-state index in [-0.39, 0.29) is 24.0 Å². The van der Waals surface area contributed by atoms with E-state index in [1.54, 1.807) is 6.08 Å². The number of rotatable bonds is 3. The second-order valence-electron chi connectivity index (χ2n) is 3.14. The largest absolute Gasteiger partial charge is 0.462 e. The van der Waals surface area contributed by atoms with Crippen molar-refractivity contribution in [2.45, 2.75) is 19.4 Å². The number of ether oxygens (including phenoxy) is 2. The molecule has 0 radical (unpaired) electrons. The zero-order valence-electron chi connectivity index (χ0n) is 7.28. The standard InChI is InChI=1S/C9H10O4/c1-2-3-12-8(10)5-4-6-7(5)13-9(6)11/h4,6-7H,2-3H2,1H3. The van der Waals surface area contributed by atoms with Crippen molar-refractivity contribution in [2.24, 2.45) is 5.92 Å². The van der Waals surface area contributed by atoms with Gasteiger partial charge in [-0.3, -0.25) is 4.79 Å². The van der Waals surface area contributed by atoms with Gasteiger partial charge >= 0.3 is 11.9 Å². The Labute approximate surface area is 75.5 Å². The van der Waals surface area contributed by atoms with Crippen LogP contribution in [0.5, 0.6) is 0 Å². The first-order valence-electron chi connectivity index (χ1n) is 4.33. The predicted molar refractivity (Wildman–Crippen MR) is 42.7 cm³/mol. The van der Waals surface area contributed by atoms with Gasteiger partial charge in [-0.1, -0.05) is 13.0 Å². The molecule has 1 fully saturated rings. The van der Waals surface area contributed by atoms with Gasteiger partial charge in [-0.2, -0.15) is 0 Å². The maximum absolute atomic E-state index is 11.2. The molecule has 0 aromatic carbocycles. The van der Waals surface area contributed by atoms with E-state index in [4.69, 9.17) is 9.47 Å². The Balaban J connectivity index is 1.90. The third kappa shape index (κ3) is 1.13. The lowest BCUT2D eigenvalue weighted by Gasteiger charge is -2.41. The summed E-state index contributed by atoms with van der Waals surface area (Å²) in [5, 5.41) is 0. The highest BCUT2D eigenvalue weighted by molar-refractivity contribution is 5.99. The minimum absolute atomic E-state index is 0.177. The van der Waals surface area contributed by atoms with Gasteiger partial charge in [0.25, 0.3) is 0 Å². The summed E-state index contributed by atoms with van der Waals surface area (Å²) < 4.78 is 9.63. The van der Waals surface area contributed by atoms with Crippen LogP contribution in [0.3, 0.4) is 0 Å².